The molecule has 1 spiro atoms. The molecule has 0 bridgehead atoms. The van der Waals surface area contributed by atoms with Gasteiger partial charge in [0.2, 0.25) is 0 Å². The molecule has 0 saturated heterocycles. The Balaban J connectivity index is 1.87. The zero-order valence-corrected chi connectivity index (χ0v) is 9.71. The number of nitrogens with two attached hydrogens (primary N) is 1. The fourth-order valence-corrected chi connectivity index (χ4v) is 3.37. The predicted octanol–water partition coefficient (Wildman–Crippen LogP) is 2.50. The Kier molecular flexibility index (Phi) is 2.40. The molecule has 86 valence electrons. The summed E-state index contributed by atoms with van der Waals surface area (Å²) in [5.41, 5.74) is 9.09. The number of hydrogen-bond donors (Lipinski definition) is 2. The first-order valence-electron chi connectivity index (χ1n) is 6.37. The monoisotopic (exact) mass is 216 g/mol. The van der Waals surface area contributed by atoms with E-state index in [4.69, 9.17) is 5.73 Å². The molecule has 1 fully saturated rings. The van der Waals surface area contributed by atoms with Crippen molar-refractivity contribution in [3.63, 3.8) is 0 Å². The fourth-order valence-electron chi connectivity index (χ4n) is 3.37. The van der Waals surface area contributed by atoms with Crippen LogP contribution in [0.2, 0.25) is 0 Å². The van der Waals surface area contributed by atoms with Gasteiger partial charge in [-0.25, -0.2) is 0 Å². The van der Waals surface area contributed by atoms with Gasteiger partial charge in [-0.1, -0.05) is 18.2 Å². The van der Waals surface area contributed by atoms with Crippen LogP contribution in [0.3, 0.4) is 0 Å². The SMILES string of the molecule is NCC1CCC2(CC1)CNc1ccccc12. The van der Waals surface area contributed by atoms with Crippen molar-refractivity contribution in [2.24, 2.45) is 11.7 Å². The molecule has 1 aromatic rings. The summed E-state index contributed by atoms with van der Waals surface area (Å²) in [5, 5.41) is 3.56. The molecule has 0 atom stereocenters. The minimum atomic E-state index is 0.419. The molecule has 2 heteroatoms. The van der Waals surface area contributed by atoms with Gasteiger partial charge in [-0.3, -0.25) is 0 Å². The molecule has 0 aromatic heterocycles. The summed E-state index contributed by atoms with van der Waals surface area (Å²) in [6, 6.07) is 8.80. The van der Waals surface area contributed by atoms with Gasteiger partial charge in [-0.15, -0.1) is 0 Å². The first kappa shape index (κ1) is 10.2. The van der Waals surface area contributed by atoms with Crippen LogP contribution in [-0.4, -0.2) is 13.1 Å². The van der Waals surface area contributed by atoms with Gasteiger partial charge >= 0.3 is 0 Å². The largest absolute Gasteiger partial charge is 0.384 e. The highest BCUT2D eigenvalue weighted by Crippen LogP contribution is 2.47. The summed E-state index contributed by atoms with van der Waals surface area (Å²) in [7, 11) is 0. The first-order chi connectivity index (χ1) is 7.84. The fraction of sp³-hybridized carbons (Fsp3) is 0.571. The van der Waals surface area contributed by atoms with Crippen LogP contribution in [0.25, 0.3) is 0 Å². The predicted molar refractivity (Wildman–Crippen MR) is 67.6 cm³/mol. The molecule has 1 saturated carbocycles. The molecule has 3 rings (SSSR count). The van der Waals surface area contributed by atoms with Gasteiger partial charge in [0.15, 0.2) is 0 Å². The molecule has 1 heterocycles. The van der Waals surface area contributed by atoms with Crippen LogP contribution < -0.4 is 11.1 Å². The van der Waals surface area contributed by atoms with E-state index in [0.717, 1.165) is 19.0 Å². The van der Waals surface area contributed by atoms with Crippen molar-refractivity contribution in [3.8, 4) is 0 Å². The Bertz CT molecular complexity index is 378. The molecule has 2 nitrogen and oxygen atoms in total. The minimum Gasteiger partial charge on any atom is -0.384 e. The molecular formula is C14H20N2. The normalized spacial score (nSPS) is 32.4. The Hall–Kier alpha value is -1.02. The maximum absolute atomic E-state index is 5.77. The molecule has 16 heavy (non-hydrogen) atoms. The standard InChI is InChI=1S/C14H20N2/c15-9-11-5-7-14(8-6-11)10-16-13-4-2-1-3-12(13)14/h1-4,11,16H,5-10,15H2. The van der Waals surface area contributed by atoms with Gasteiger partial charge in [0.05, 0.1) is 0 Å². The summed E-state index contributed by atoms with van der Waals surface area (Å²) in [6.07, 6.45) is 5.21. The third-order valence-corrected chi connectivity index (χ3v) is 4.51. The van der Waals surface area contributed by atoms with Crippen LogP contribution in [0.4, 0.5) is 5.69 Å². The van der Waals surface area contributed by atoms with E-state index in [9.17, 15) is 0 Å². The van der Waals surface area contributed by atoms with Crippen LogP contribution in [0.1, 0.15) is 31.2 Å². The molecule has 0 unspecified atom stereocenters. The summed E-state index contributed by atoms with van der Waals surface area (Å²) in [6.45, 7) is 1.99. The van der Waals surface area contributed by atoms with Crippen molar-refractivity contribution in [3.05, 3.63) is 29.8 Å². The molecule has 1 aliphatic carbocycles. The van der Waals surface area contributed by atoms with E-state index in [2.05, 4.69) is 29.6 Å². The molecule has 3 N–H and O–H groups in total. The van der Waals surface area contributed by atoms with Gasteiger partial charge in [-0.2, -0.15) is 0 Å². The average Bonchev–Trinajstić information content (AvgIpc) is 2.71. The zero-order valence-electron chi connectivity index (χ0n) is 9.71. The van der Waals surface area contributed by atoms with Crippen molar-refractivity contribution in [1.29, 1.82) is 0 Å². The second-order valence-electron chi connectivity index (χ2n) is 5.36. The second-order valence-corrected chi connectivity index (χ2v) is 5.36. The van der Waals surface area contributed by atoms with Crippen LogP contribution in [0.15, 0.2) is 24.3 Å². The highest BCUT2D eigenvalue weighted by atomic mass is 14.9. The lowest BCUT2D eigenvalue weighted by Gasteiger charge is -2.37. The van der Waals surface area contributed by atoms with E-state index in [1.165, 1.54) is 31.4 Å². The summed E-state index contributed by atoms with van der Waals surface area (Å²) in [5.74, 6) is 0.762. The highest BCUT2D eigenvalue weighted by Gasteiger charge is 2.41. The van der Waals surface area contributed by atoms with Gasteiger partial charge in [0.1, 0.15) is 0 Å². The van der Waals surface area contributed by atoms with E-state index in [1.54, 1.807) is 5.56 Å². The zero-order chi connectivity index (χ0) is 11.0. The molecular weight excluding hydrogens is 196 g/mol. The lowest BCUT2D eigenvalue weighted by Crippen LogP contribution is -2.35. The molecule has 1 aliphatic heterocycles. The number of nitrogens with one attached hydrogen (secondary N) is 1. The van der Waals surface area contributed by atoms with Gasteiger partial charge < -0.3 is 11.1 Å². The maximum Gasteiger partial charge on any atom is 0.0379 e. The van der Waals surface area contributed by atoms with E-state index in [-0.39, 0.29) is 0 Å². The van der Waals surface area contributed by atoms with Crippen LogP contribution >= 0.6 is 0 Å². The maximum atomic E-state index is 5.77. The quantitative estimate of drug-likeness (QED) is 0.757. The smallest absolute Gasteiger partial charge is 0.0379 e. The van der Waals surface area contributed by atoms with Crippen molar-refractivity contribution in [1.82, 2.24) is 0 Å². The third kappa shape index (κ3) is 1.44. The average molecular weight is 216 g/mol. The summed E-state index contributed by atoms with van der Waals surface area (Å²) >= 11 is 0. The minimum absolute atomic E-state index is 0.419. The second kappa shape index (κ2) is 3.77. The lowest BCUT2D eigenvalue weighted by atomic mass is 9.68. The van der Waals surface area contributed by atoms with Gasteiger partial charge in [-0.05, 0) is 49.8 Å². The highest BCUT2D eigenvalue weighted by molar-refractivity contribution is 5.60. The first-order valence-corrected chi connectivity index (χ1v) is 6.37. The van der Waals surface area contributed by atoms with Crippen molar-refractivity contribution in [2.45, 2.75) is 31.1 Å². The van der Waals surface area contributed by atoms with Crippen LogP contribution in [-0.2, 0) is 5.41 Å². The van der Waals surface area contributed by atoms with E-state index >= 15 is 0 Å². The summed E-state index contributed by atoms with van der Waals surface area (Å²) < 4.78 is 0. The summed E-state index contributed by atoms with van der Waals surface area (Å²) in [4.78, 5) is 0. The number of fused-ring (bicyclic) bond motifs is 2. The van der Waals surface area contributed by atoms with Crippen molar-refractivity contribution >= 4 is 5.69 Å². The van der Waals surface area contributed by atoms with E-state index in [1.807, 2.05) is 0 Å². The Labute approximate surface area is 97.2 Å². The number of hydrogen-bond acceptors (Lipinski definition) is 2. The Morgan fingerprint density at radius 2 is 2.00 bits per heavy atom. The van der Waals surface area contributed by atoms with Crippen LogP contribution in [0, 0.1) is 5.92 Å². The Morgan fingerprint density at radius 1 is 1.25 bits per heavy atom. The third-order valence-electron chi connectivity index (χ3n) is 4.51. The number of anilines is 1. The molecule has 1 aromatic carbocycles. The number of benzene rings is 1. The topological polar surface area (TPSA) is 38.0 Å². The van der Waals surface area contributed by atoms with E-state index < -0.39 is 0 Å². The van der Waals surface area contributed by atoms with Gasteiger partial charge in [0.25, 0.3) is 0 Å². The van der Waals surface area contributed by atoms with Crippen LogP contribution in [0.5, 0.6) is 0 Å². The van der Waals surface area contributed by atoms with Crippen molar-refractivity contribution < 1.29 is 0 Å². The van der Waals surface area contributed by atoms with Crippen molar-refractivity contribution in [2.75, 3.05) is 18.4 Å². The molecule has 0 radical (unpaired) electrons. The number of rotatable bonds is 1. The van der Waals surface area contributed by atoms with E-state index in [0.29, 0.717) is 5.41 Å². The van der Waals surface area contributed by atoms with Gasteiger partial charge in [0, 0.05) is 17.6 Å². The molecule has 2 aliphatic rings. The molecule has 0 amide bonds. The Morgan fingerprint density at radius 3 is 2.75 bits per heavy atom. The number of para-hydroxylation sites is 1. The lowest BCUT2D eigenvalue weighted by molar-refractivity contribution is 0.252.